The van der Waals surface area contributed by atoms with Gasteiger partial charge in [0, 0.05) is 18.7 Å². The summed E-state index contributed by atoms with van der Waals surface area (Å²) in [4.78, 5) is 14.2. The van der Waals surface area contributed by atoms with Gasteiger partial charge in [0.05, 0.1) is 6.61 Å². The van der Waals surface area contributed by atoms with Crippen LogP contribution in [0.4, 0.5) is 0 Å². The molecule has 1 aliphatic heterocycles. The maximum absolute atomic E-state index is 11.9. The fourth-order valence-corrected chi connectivity index (χ4v) is 3.93. The van der Waals surface area contributed by atoms with Crippen molar-refractivity contribution in [2.75, 3.05) is 26.8 Å². The number of aliphatic carboxylic acids is 1. The van der Waals surface area contributed by atoms with Crippen LogP contribution in [0.1, 0.15) is 46.0 Å². The second-order valence-electron chi connectivity index (χ2n) is 6.95. The van der Waals surface area contributed by atoms with Gasteiger partial charge in [0.1, 0.15) is 5.54 Å². The monoisotopic (exact) mass is 298 g/mol. The molecule has 122 valence electrons. The predicted octanol–water partition coefficient (Wildman–Crippen LogP) is 1.72. The smallest absolute Gasteiger partial charge is 0.324 e. The van der Waals surface area contributed by atoms with E-state index in [0.717, 1.165) is 51.9 Å². The molecule has 2 N–H and O–H groups in total. The van der Waals surface area contributed by atoms with Crippen molar-refractivity contribution in [1.29, 1.82) is 0 Å². The zero-order valence-corrected chi connectivity index (χ0v) is 13.6. The summed E-state index contributed by atoms with van der Waals surface area (Å²) in [5.74, 6) is -0.451. The average molecular weight is 298 g/mol. The molecule has 0 spiro atoms. The lowest BCUT2D eigenvalue weighted by molar-refractivity contribution is -0.147. The van der Waals surface area contributed by atoms with Crippen LogP contribution in [0.15, 0.2) is 0 Å². The van der Waals surface area contributed by atoms with Gasteiger partial charge in [-0.1, -0.05) is 6.42 Å². The number of carboxylic acids is 1. The van der Waals surface area contributed by atoms with Crippen molar-refractivity contribution in [2.45, 2.75) is 63.6 Å². The van der Waals surface area contributed by atoms with Crippen molar-refractivity contribution < 1.29 is 14.6 Å². The number of hydrogen-bond donors (Lipinski definition) is 2. The molecular formula is C16H30N2O3. The topological polar surface area (TPSA) is 61.8 Å². The minimum atomic E-state index is -0.721. The van der Waals surface area contributed by atoms with E-state index in [9.17, 15) is 9.90 Å². The molecule has 3 unspecified atom stereocenters. The molecule has 21 heavy (non-hydrogen) atoms. The fraction of sp³-hybridized carbons (Fsp3) is 0.938. The minimum absolute atomic E-state index is 0.197. The summed E-state index contributed by atoms with van der Waals surface area (Å²) in [6.07, 6.45) is 4.81. The standard InChI is InChI=1S/C16H30N2O3/c1-12(2)17-16(15(19)20)8-4-5-13(16)6-9-18(3)14-7-10-21-11-14/h12-14,17H,4-11H2,1-3H3,(H,19,20). The molecule has 1 heterocycles. The third kappa shape index (κ3) is 3.76. The van der Waals surface area contributed by atoms with Gasteiger partial charge in [-0.25, -0.2) is 0 Å². The van der Waals surface area contributed by atoms with Gasteiger partial charge >= 0.3 is 5.97 Å². The first-order valence-corrected chi connectivity index (χ1v) is 8.25. The molecule has 0 aromatic heterocycles. The molecule has 2 aliphatic rings. The van der Waals surface area contributed by atoms with Crippen molar-refractivity contribution in [3.63, 3.8) is 0 Å². The molecule has 2 rings (SSSR count). The zero-order valence-electron chi connectivity index (χ0n) is 13.6. The molecule has 1 saturated carbocycles. The van der Waals surface area contributed by atoms with Gasteiger partial charge in [0.2, 0.25) is 0 Å². The molecule has 1 saturated heterocycles. The number of carboxylic acid groups (broad SMARTS) is 1. The van der Waals surface area contributed by atoms with Gasteiger partial charge in [-0.15, -0.1) is 0 Å². The van der Waals surface area contributed by atoms with E-state index >= 15 is 0 Å². The fourth-order valence-electron chi connectivity index (χ4n) is 3.93. The van der Waals surface area contributed by atoms with E-state index in [2.05, 4.69) is 17.3 Å². The van der Waals surface area contributed by atoms with Crippen molar-refractivity contribution in [3.8, 4) is 0 Å². The Bertz CT molecular complexity index is 355. The van der Waals surface area contributed by atoms with Gasteiger partial charge in [-0.3, -0.25) is 10.1 Å². The lowest BCUT2D eigenvalue weighted by Gasteiger charge is -2.35. The molecule has 0 radical (unpaired) electrons. The van der Waals surface area contributed by atoms with E-state index in [1.165, 1.54) is 0 Å². The van der Waals surface area contributed by atoms with E-state index in [4.69, 9.17) is 4.74 Å². The number of rotatable bonds is 7. The Morgan fingerprint density at radius 2 is 2.24 bits per heavy atom. The first kappa shape index (κ1) is 16.7. The van der Waals surface area contributed by atoms with Gasteiger partial charge in [-0.05, 0) is 59.0 Å². The quantitative estimate of drug-likeness (QED) is 0.749. The molecule has 2 fully saturated rings. The Balaban J connectivity index is 1.94. The molecule has 0 aromatic rings. The van der Waals surface area contributed by atoms with E-state index in [1.54, 1.807) is 0 Å². The largest absolute Gasteiger partial charge is 0.480 e. The molecule has 3 atom stereocenters. The molecule has 0 aromatic carbocycles. The van der Waals surface area contributed by atoms with Crippen molar-refractivity contribution >= 4 is 5.97 Å². The Kier molecular flexibility index (Phi) is 5.63. The third-order valence-electron chi connectivity index (χ3n) is 5.11. The second kappa shape index (κ2) is 7.07. The Morgan fingerprint density at radius 1 is 1.48 bits per heavy atom. The Morgan fingerprint density at radius 3 is 2.81 bits per heavy atom. The van der Waals surface area contributed by atoms with E-state index < -0.39 is 11.5 Å². The maximum atomic E-state index is 11.9. The number of nitrogens with zero attached hydrogens (tertiary/aromatic N) is 1. The van der Waals surface area contributed by atoms with Gasteiger partial charge in [0.25, 0.3) is 0 Å². The SMILES string of the molecule is CC(C)NC1(C(=O)O)CCCC1CCN(C)C1CCOC1. The first-order valence-electron chi connectivity index (χ1n) is 8.25. The van der Waals surface area contributed by atoms with Gasteiger partial charge in [-0.2, -0.15) is 0 Å². The lowest BCUT2D eigenvalue weighted by atomic mass is 9.83. The highest BCUT2D eigenvalue weighted by Crippen LogP contribution is 2.39. The van der Waals surface area contributed by atoms with Crippen LogP contribution in [-0.4, -0.2) is 60.4 Å². The lowest BCUT2D eigenvalue weighted by Crippen LogP contribution is -2.57. The zero-order chi connectivity index (χ0) is 15.5. The number of carbonyl (C=O) groups is 1. The van der Waals surface area contributed by atoms with E-state index in [1.807, 2.05) is 13.8 Å². The number of hydrogen-bond acceptors (Lipinski definition) is 4. The van der Waals surface area contributed by atoms with Crippen molar-refractivity contribution in [1.82, 2.24) is 10.2 Å². The van der Waals surface area contributed by atoms with Crippen LogP contribution in [0.3, 0.4) is 0 Å². The Labute approximate surface area is 128 Å². The number of ether oxygens (including phenoxy) is 1. The first-order chi connectivity index (χ1) is 9.95. The number of likely N-dealkylation sites (N-methyl/N-ethyl adjacent to an activating group) is 1. The summed E-state index contributed by atoms with van der Waals surface area (Å²) in [5, 5.41) is 13.1. The van der Waals surface area contributed by atoms with Gasteiger partial charge in [0.15, 0.2) is 0 Å². The molecule has 5 heteroatoms. The predicted molar refractivity (Wildman–Crippen MR) is 82.5 cm³/mol. The van der Waals surface area contributed by atoms with Crippen LogP contribution < -0.4 is 5.32 Å². The van der Waals surface area contributed by atoms with E-state index in [-0.39, 0.29) is 12.0 Å². The Hall–Kier alpha value is -0.650. The van der Waals surface area contributed by atoms with Crippen LogP contribution in [-0.2, 0) is 9.53 Å². The van der Waals surface area contributed by atoms with Crippen LogP contribution in [0, 0.1) is 5.92 Å². The molecule has 0 amide bonds. The van der Waals surface area contributed by atoms with Gasteiger partial charge < -0.3 is 14.7 Å². The molecule has 0 bridgehead atoms. The van der Waals surface area contributed by atoms with Crippen LogP contribution in [0.5, 0.6) is 0 Å². The normalized spacial score (nSPS) is 33.2. The second-order valence-corrected chi connectivity index (χ2v) is 6.95. The molecule has 1 aliphatic carbocycles. The molecular weight excluding hydrogens is 268 g/mol. The van der Waals surface area contributed by atoms with Crippen molar-refractivity contribution in [2.24, 2.45) is 5.92 Å². The molecule has 5 nitrogen and oxygen atoms in total. The summed E-state index contributed by atoms with van der Waals surface area (Å²) < 4.78 is 5.43. The maximum Gasteiger partial charge on any atom is 0.324 e. The summed E-state index contributed by atoms with van der Waals surface area (Å²) >= 11 is 0. The number of nitrogens with one attached hydrogen (secondary N) is 1. The van der Waals surface area contributed by atoms with E-state index in [0.29, 0.717) is 6.04 Å². The third-order valence-corrected chi connectivity index (χ3v) is 5.11. The minimum Gasteiger partial charge on any atom is -0.480 e. The highest BCUT2D eigenvalue weighted by Gasteiger charge is 2.49. The van der Waals surface area contributed by atoms with Crippen molar-refractivity contribution in [3.05, 3.63) is 0 Å². The highest BCUT2D eigenvalue weighted by molar-refractivity contribution is 5.79. The van der Waals surface area contributed by atoms with Crippen LogP contribution in [0.25, 0.3) is 0 Å². The highest BCUT2D eigenvalue weighted by atomic mass is 16.5. The summed E-state index contributed by atoms with van der Waals surface area (Å²) in [6, 6.07) is 0.700. The summed E-state index contributed by atoms with van der Waals surface area (Å²) in [5.41, 5.74) is -0.721. The van der Waals surface area contributed by atoms with Crippen LogP contribution >= 0.6 is 0 Å². The summed E-state index contributed by atoms with van der Waals surface area (Å²) in [7, 11) is 2.13. The summed E-state index contributed by atoms with van der Waals surface area (Å²) in [6.45, 7) is 6.68. The van der Waals surface area contributed by atoms with Crippen LogP contribution in [0.2, 0.25) is 0 Å². The average Bonchev–Trinajstić information content (AvgIpc) is 3.05.